The van der Waals surface area contributed by atoms with E-state index >= 15 is 0 Å². The molecule has 1 saturated heterocycles. The van der Waals surface area contributed by atoms with Gasteiger partial charge in [-0.2, -0.15) is 4.98 Å². The van der Waals surface area contributed by atoms with E-state index in [2.05, 4.69) is 9.80 Å². The van der Waals surface area contributed by atoms with Crippen LogP contribution < -0.4 is 24.2 Å². The molecule has 0 spiro atoms. The molecular weight excluding hydrogens is 602 g/mol. The van der Waals surface area contributed by atoms with Crippen molar-refractivity contribution in [3.8, 4) is 22.8 Å². The third-order valence-corrected chi connectivity index (χ3v) is 8.10. The zero-order chi connectivity index (χ0) is 32.6. The lowest BCUT2D eigenvalue weighted by atomic mass is 10.1. The highest BCUT2D eigenvalue weighted by atomic mass is 16.6. The molecule has 2 aliphatic rings. The van der Waals surface area contributed by atoms with Crippen LogP contribution in [0, 0.1) is 0 Å². The first-order chi connectivity index (χ1) is 23.1. The van der Waals surface area contributed by atoms with Gasteiger partial charge >= 0.3 is 6.09 Å². The summed E-state index contributed by atoms with van der Waals surface area (Å²) in [6, 6.07) is 15.9. The van der Waals surface area contributed by atoms with Crippen molar-refractivity contribution < 1.29 is 28.5 Å². The molecule has 4 aromatic rings. The Kier molecular flexibility index (Phi) is 10.2. The van der Waals surface area contributed by atoms with Crippen molar-refractivity contribution in [2.45, 2.75) is 19.5 Å². The largest absolute Gasteiger partial charge is 0.497 e. The molecule has 13 heteroatoms. The van der Waals surface area contributed by atoms with Gasteiger partial charge in [0.15, 0.2) is 0 Å². The Balaban J connectivity index is 1.32. The summed E-state index contributed by atoms with van der Waals surface area (Å²) in [7, 11) is 4.88. The number of ether oxygens (including phenoxy) is 5. The first kappa shape index (κ1) is 32.0. The van der Waals surface area contributed by atoms with E-state index in [-0.39, 0.29) is 6.61 Å². The molecule has 4 heterocycles. The Morgan fingerprint density at radius 3 is 2.02 bits per heavy atom. The number of morpholine rings is 1. The molecule has 0 unspecified atom stereocenters. The smallest absolute Gasteiger partial charge is 0.415 e. The number of carbonyl (C=O) groups is 1. The minimum Gasteiger partial charge on any atom is -0.497 e. The summed E-state index contributed by atoms with van der Waals surface area (Å²) in [6.45, 7) is 4.54. The van der Waals surface area contributed by atoms with E-state index in [1.54, 1.807) is 38.6 Å². The standard InChI is InChI=1S/C34H39N7O6/c1-43-18-19-47-34(42)41-13-12-29-30(37-33(38-31(29)41)39-14-16-46-17-15-39)26-20-35-32(36-21-26)40(22-24-4-8-27(44-2)9-5-24)23-25-6-10-28(45-3)11-7-25/h4-11,20-21H,12-19,22-23H2,1-3H3. The quantitative estimate of drug-likeness (QED) is 0.207. The minimum absolute atomic E-state index is 0.161. The van der Waals surface area contributed by atoms with Gasteiger partial charge in [0.2, 0.25) is 11.9 Å². The maximum absolute atomic E-state index is 13.0. The molecule has 0 radical (unpaired) electrons. The Morgan fingerprint density at radius 1 is 0.830 bits per heavy atom. The molecule has 0 bridgehead atoms. The number of aromatic nitrogens is 4. The van der Waals surface area contributed by atoms with Crippen molar-refractivity contribution in [3.05, 3.63) is 77.6 Å². The Hall–Kier alpha value is -5.01. The van der Waals surface area contributed by atoms with Crippen LogP contribution in [-0.2, 0) is 33.7 Å². The van der Waals surface area contributed by atoms with Gasteiger partial charge in [-0.15, -0.1) is 0 Å². The molecule has 1 amide bonds. The van der Waals surface area contributed by atoms with Crippen LogP contribution in [0.15, 0.2) is 60.9 Å². The lowest BCUT2D eigenvalue weighted by Gasteiger charge is -2.28. The van der Waals surface area contributed by atoms with E-state index in [9.17, 15) is 4.79 Å². The number of benzene rings is 2. The van der Waals surface area contributed by atoms with E-state index in [0.29, 0.717) is 82.4 Å². The lowest BCUT2D eigenvalue weighted by Crippen LogP contribution is -2.38. The molecule has 47 heavy (non-hydrogen) atoms. The topological polar surface area (TPSA) is 125 Å². The monoisotopic (exact) mass is 641 g/mol. The zero-order valence-electron chi connectivity index (χ0n) is 26.9. The second kappa shape index (κ2) is 15.1. The molecule has 0 atom stereocenters. The van der Waals surface area contributed by atoms with Gasteiger partial charge in [0.1, 0.15) is 23.9 Å². The van der Waals surface area contributed by atoms with Gasteiger partial charge in [-0.25, -0.2) is 19.7 Å². The molecule has 13 nitrogen and oxygen atoms in total. The van der Waals surface area contributed by atoms with Crippen molar-refractivity contribution in [3.63, 3.8) is 0 Å². The lowest BCUT2D eigenvalue weighted by molar-refractivity contribution is 0.103. The number of fused-ring (bicyclic) bond motifs is 1. The number of hydrogen-bond donors (Lipinski definition) is 0. The first-order valence-corrected chi connectivity index (χ1v) is 15.6. The highest BCUT2D eigenvalue weighted by Gasteiger charge is 2.33. The van der Waals surface area contributed by atoms with Crippen LogP contribution in [0.4, 0.5) is 22.5 Å². The zero-order valence-corrected chi connectivity index (χ0v) is 26.9. The van der Waals surface area contributed by atoms with Crippen LogP contribution in [0.3, 0.4) is 0 Å². The van der Waals surface area contributed by atoms with Crippen LogP contribution in [0.5, 0.6) is 11.5 Å². The number of carbonyl (C=O) groups excluding carboxylic acids is 1. The van der Waals surface area contributed by atoms with E-state index < -0.39 is 6.09 Å². The predicted molar refractivity (Wildman–Crippen MR) is 176 cm³/mol. The van der Waals surface area contributed by atoms with Gasteiger partial charge < -0.3 is 33.5 Å². The average Bonchev–Trinajstić information content (AvgIpc) is 3.56. The van der Waals surface area contributed by atoms with Gasteiger partial charge in [-0.3, -0.25) is 4.90 Å². The Bertz CT molecular complexity index is 1580. The highest BCUT2D eigenvalue weighted by Crippen LogP contribution is 2.36. The molecule has 2 aliphatic heterocycles. The van der Waals surface area contributed by atoms with Gasteiger partial charge in [0.05, 0.1) is 39.7 Å². The van der Waals surface area contributed by atoms with E-state index in [0.717, 1.165) is 33.8 Å². The molecule has 2 aromatic heterocycles. The molecule has 0 saturated carbocycles. The predicted octanol–water partition coefficient (Wildman–Crippen LogP) is 4.14. The average molecular weight is 642 g/mol. The second-order valence-corrected chi connectivity index (χ2v) is 11.1. The third kappa shape index (κ3) is 7.53. The van der Waals surface area contributed by atoms with Crippen molar-refractivity contribution in [2.24, 2.45) is 0 Å². The van der Waals surface area contributed by atoms with Crippen LogP contribution in [0.1, 0.15) is 16.7 Å². The number of methoxy groups -OCH3 is 3. The summed E-state index contributed by atoms with van der Waals surface area (Å²) in [6.07, 6.45) is 3.71. The maximum Gasteiger partial charge on any atom is 0.415 e. The fraction of sp³-hybridized carbons (Fsp3) is 0.382. The number of rotatable bonds is 12. The summed E-state index contributed by atoms with van der Waals surface area (Å²) in [4.78, 5) is 38.3. The second-order valence-electron chi connectivity index (χ2n) is 11.1. The molecule has 1 fully saturated rings. The molecular formula is C34H39N7O6. The SMILES string of the molecule is COCCOC(=O)N1CCc2c(-c3cnc(N(Cc4ccc(OC)cc4)Cc4ccc(OC)cc4)nc3)nc(N3CCOCC3)nc21. The number of hydrogen-bond acceptors (Lipinski definition) is 12. The van der Waals surface area contributed by atoms with E-state index in [1.807, 2.05) is 48.5 Å². The molecule has 6 rings (SSSR count). The summed E-state index contributed by atoms with van der Waals surface area (Å²) in [5.41, 5.74) is 4.48. The summed E-state index contributed by atoms with van der Waals surface area (Å²) in [5.74, 6) is 3.24. The molecule has 246 valence electrons. The molecule has 0 N–H and O–H groups in total. The van der Waals surface area contributed by atoms with Gasteiger partial charge in [0, 0.05) is 63.4 Å². The van der Waals surface area contributed by atoms with Crippen molar-refractivity contribution in [2.75, 3.05) is 82.1 Å². The molecule has 0 aliphatic carbocycles. The normalized spacial score (nSPS) is 14.1. The number of anilines is 3. The fourth-order valence-electron chi connectivity index (χ4n) is 5.56. The third-order valence-electron chi connectivity index (χ3n) is 8.10. The van der Waals surface area contributed by atoms with E-state index in [4.69, 9.17) is 43.6 Å². The Labute approximate surface area is 274 Å². The number of amides is 1. The Morgan fingerprint density at radius 2 is 1.45 bits per heavy atom. The summed E-state index contributed by atoms with van der Waals surface area (Å²) >= 11 is 0. The maximum atomic E-state index is 13.0. The highest BCUT2D eigenvalue weighted by molar-refractivity contribution is 5.91. The fourth-order valence-corrected chi connectivity index (χ4v) is 5.56. The summed E-state index contributed by atoms with van der Waals surface area (Å²) < 4.78 is 26.7. The summed E-state index contributed by atoms with van der Waals surface area (Å²) in [5, 5.41) is 0. The van der Waals surface area contributed by atoms with Gasteiger partial charge in [-0.1, -0.05) is 24.3 Å². The van der Waals surface area contributed by atoms with Crippen molar-refractivity contribution in [1.29, 1.82) is 0 Å². The van der Waals surface area contributed by atoms with E-state index in [1.165, 1.54) is 0 Å². The number of nitrogens with zero attached hydrogens (tertiary/aromatic N) is 7. The van der Waals surface area contributed by atoms with Crippen LogP contribution in [-0.4, -0.2) is 93.4 Å². The van der Waals surface area contributed by atoms with Crippen molar-refractivity contribution in [1.82, 2.24) is 19.9 Å². The minimum atomic E-state index is -0.460. The van der Waals surface area contributed by atoms with Crippen LogP contribution in [0.25, 0.3) is 11.3 Å². The van der Waals surface area contributed by atoms with Crippen LogP contribution >= 0.6 is 0 Å². The van der Waals surface area contributed by atoms with Crippen molar-refractivity contribution >= 4 is 23.8 Å². The van der Waals surface area contributed by atoms with Crippen LogP contribution in [0.2, 0.25) is 0 Å². The molecule has 2 aromatic carbocycles. The van der Waals surface area contributed by atoms with Gasteiger partial charge in [-0.05, 0) is 41.8 Å². The van der Waals surface area contributed by atoms with Gasteiger partial charge in [0.25, 0.3) is 0 Å². The first-order valence-electron chi connectivity index (χ1n) is 15.6.